The van der Waals surface area contributed by atoms with Crippen LogP contribution in [-0.4, -0.2) is 22.7 Å². The van der Waals surface area contributed by atoms with Crippen LogP contribution in [0.25, 0.3) is 0 Å². The monoisotopic (exact) mass is 258 g/mol. The zero-order valence-electron chi connectivity index (χ0n) is 9.40. The number of aliphatic hydroxyl groups is 1. The van der Waals surface area contributed by atoms with E-state index < -0.39 is 22.2 Å². The molecule has 1 aliphatic carbocycles. The van der Waals surface area contributed by atoms with Crippen molar-refractivity contribution in [2.75, 3.05) is 11.9 Å². The SMILES string of the molecule is O=[N+]([O-])c1c(F)cc(F)cc1NCC1CC(O)C1. The van der Waals surface area contributed by atoms with Gasteiger partial charge in [0, 0.05) is 18.7 Å². The van der Waals surface area contributed by atoms with Gasteiger partial charge in [-0.25, -0.2) is 4.39 Å². The molecular weight excluding hydrogens is 246 g/mol. The summed E-state index contributed by atoms with van der Waals surface area (Å²) in [6.07, 6.45) is 0.855. The van der Waals surface area contributed by atoms with Crippen LogP contribution in [0.1, 0.15) is 12.8 Å². The highest BCUT2D eigenvalue weighted by Gasteiger charge is 2.28. The number of hydrogen-bond donors (Lipinski definition) is 2. The Labute approximate surface area is 102 Å². The van der Waals surface area contributed by atoms with Crippen molar-refractivity contribution in [3.8, 4) is 0 Å². The summed E-state index contributed by atoms with van der Waals surface area (Å²) in [5.74, 6) is -1.89. The highest BCUT2D eigenvalue weighted by atomic mass is 19.1. The van der Waals surface area contributed by atoms with Gasteiger partial charge >= 0.3 is 5.69 Å². The van der Waals surface area contributed by atoms with Crippen molar-refractivity contribution in [2.24, 2.45) is 5.92 Å². The number of anilines is 1. The average molecular weight is 258 g/mol. The molecule has 0 amide bonds. The van der Waals surface area contributed by atoms with Crippen LogP contribution in [0.15, 0.2) is 12.1 Å². The quantitative estimate of drug-likeness (QED) is 0.640. The number of aliphatic hydroxyl groups excluding tert-OH is 1. The molecule has 0 unspecified atom stereocenters. The third kappa shape index (κ3) is 2.56. The molecule has 0 radical (unpaired) electrons. The molecule has 5 nitrogen and oxygen atoms in total. The summed E-state index contributed by atoms with van der Waals surface area (Å²) in [4.78, 5) is 9.82. The van der Waals surface area contributed by atoms with Gasteiger partial charge in [0.1, 0.15) is 11.5 Å². The summed E-state index contributed by atoms with van der Waals surface area (Å²) in [6.45, 7) is 0.348. The third-order valence-corrected chi connectivity index (χ3v) is 3.00. The molecule has 0 saturated heterocycles. The molecule has 1 saturated carbocycles. The maximum atomic E-state index is 13.3. The topological polar surface area (TPSA) is 75.4 Å². The van der Waals surface area contributed by atoms with E-state index in [4.69, 9.17) is 5.11 Å². The van der Waals surface area contributed by atoms with E-state index in [1.54, 1.807) is 0 Å². The number of nitro groups is 1. The summed E-state index contributed by atoms with van der Waals surface area (Å²) >= 11 is 0. The summed E-state index contributed by atoms with van der Waals surface area (Å²) in [5.41, 5.74) is -0.921. The predicted octanol–water partition coefficient (Wildman–Crippen LogP) is 2.06. The van der Waals surface area contributed by atoms with Crippen LogP contribution in [0.3, 0.4) is 0 Å². The van der Waals surface area contributed by atoms with Gasteiger partial charge in [0.25, 0.3) is 0 Å². The van der Waals surface area contributed by atoms with Crippen molar-refractivity contribution in [1.29, 1.82) is 0 Å². The number of nitro benzene ring substituents is 1. The third-order valence-electron chi connectivity index (χ3n) is 3.00. The average Bonchev–Trinajstić information content (AvgIpc) is 2.21. The second-order valence-electron chi connectivity index (χ2n) is 4.41. The first kappa shape index (κ1) is 12.7. The lowest BCUT2D eigenvalue weighted by Gasteiger charge is -2.31. The lowest BCUT2D eigenvalue weighted by molar-refractivity contribution is -0.386. The number of nitrogens with one attached hydrogen (secondary N) is 1. The fourth-order valence-corrected chi connectivity index (χ4v) is 2.01. The van der Waals surface area contributed by atoms with Gasteiger partial charge in [0.05, 0.1) is 11.0 Å². The van der Waals surface area contributed by atoms with Crippen molar-refractivity contribution in [3.05, 3.63) is 33.9 Å². The molecule has 1 fully saturated rings. The van der Waals surface area contributed by atoms with Gasteiger partial charge in [-0.3, -0.25) is 10.1 Å². The van der Waals surface area contributed by atoms with Crippen LogP contribution in [0.4, 0.5) is 20.2 Å². The van der Waals surface area contributed by atoms with Gasteiger partial charge in [-0.2, -0.15) is 4.39 Å². The molecule has 0 aromatic heterocycles. The van der Waals surface area contributed by atoms with Gasteiger partial charge in [0.15, 0.2) is 0 Å². The second-order valence-corrected chi connectivity index (χ2v) is 4.41. The number of rotatable bonds is 4. The number of hydrogen-bond acceptors (Lipinski definition) is 4. The fraction of sp³-hybridized carbons (Fsp3) is 0.455. The van der Waals surface area contributed by atoms with Crippen LogP contribution in [0.5, 0.6) is 0 Å². The first-order valence-corrected chi connectivity index (χ1v) is 5.52. The van der Waals surface area contributed by atoms with E-state index in [2.05, 4.69) is 5.32 Å². The van der Waals surface area contributed by atoms with E-state index in [-0.39, 0.29) is 17.7 Å². The standard InChI is InChI=1S/C11H12F2N2O3/c12-7-3-9(13)11(15(17)18)10(4-7)14-5-6-1-8(16)2-6/h3-4,6,8,14,16H,1-2,5H2. The highest BCUT2D eigenvalue weighted by molar-refractivity contribution is 5.62. The van der Waals surface area contributed by atoms with E-state index in [1.165, 1.54) is 0 Å². The van der Waals surface area contributed by atoms with E-state index in [1.807, 2.05) is 0 Å². The van der Waals surface area contributed by atoms with Gasteiger partial charge in [-0.1, -0.05) is 0 Å². The molecule has 1 aromatic rings. The number of halogens is 2. The minimum absolute atomic E-state index is 0.168. The Morgan fingerprint density at radius 3 is 2.67 bits per heavy atom. The summed E-state index contributed by atoms with van der Waals surface area (Å²) < 4.78 is 26.3. The van der Waals surface area contributed by atoms with Crippen molar-refractivity contribution < 1.29 is 18.8 Å². The van der Waals surface area contributed by atoms with Crippen LogP contribution < -0.4 is 5.32 Å². The Hall–Kier alpha value is -1.76. The lowest BCUT2D eigenvalue weighted by Crippen LogP contribution is -2.33. The molecule has 0 atom stereocenters. The van der Waals surface area contributed by atoms with Crippen molar-refractivity contribution in [2.45, 2.75) is 18.9 Å². The maximum absolute atomic E-state index is 13.3. The van der Waals surface area contributed by atoms with Gasteiger partial charge in [-0.15, -0.1) is 0 Å². The predicted molar refractivity (Wildman–Crippen MR) is 60.2 cm³/mol. The summed E-state index contributed by atoms with van der Waals surface area (Å²) in [5, 5.41) is 22.5. The minimum atomic E-state index is -1.20. The first-order valence-electron chi connectivity index (χ1n) is 5.52. The molecular formula is C11H12F2N2O3. The summed E-state index contributed by atoms with van der Waals surface area (Å²) in [6, 6.07) is 1.38. The van der Waals surface area contributed by atoms with Crippen LogP contribution in [0.2, 0.25) is 0 Å². The van der Waals surface area contributed by atoms with E-state index in [0.29, 0.717) is 25.5 Å². The Balaban J connectivity index is 2.12. The van der Waals surface area contributed by atoms with Crippen molar-refractivity contribution in [1.82, 2.24) is 0 Å². The molecule has 2 rings (SSSR count). The number of benzene rings is 1. The molecule has 0 heterocycles. The molecule has 0 bridgehead atoms. The fourth-order valence-electron chi connectivity index (χ4n) is 2.01. The van der Waals surface area contributed by atoms with E-state index in [0.717, 1.165) is 6.07 Å². The molecule has 18 heavy (non-hydrogen) atoms. The molecule has 2 N–H and O–H groups in total. The molecule has 0 aliphatic heterocycles. The molecule has 1 aliphatic rings. The zero-order valence-corrected chi connectivity index (χ0v) is 9.40. The zero-order chi connectivity index (χ0) is 13.3. The molecule has 98 valence electrons. The maximum Gasteiger partial charge on any atom is 0.327 e. The second kappa shape index (κ2) is 4.85. The van der Waals surface area contributed by atoms with Gasteiger partial charge < -0.3 is 10.4 Å². The molecule has 0 spiro atoms. The summed E-state index contributed by atoms with van der Waals surface area (Å²) in [7, 11) is 0. The van der Waals surface area contributed by atoms with E-state index in [9.17, 15) is 18.9 Å². The van der Waals surface area contributed by atoms with Crippen LogP contribution >= 0.6 is 0 Å². The Kier molecular flexibility index (Phi) is 3.42. The number of nitrogens with zero attached hydrogens (tertiary/aromatic N) is 1. The largest absolute Gasteiger partial charge is 0.393 e. The van der Waals surface area contributed by atoms with Gasteiger partial charge in [0.2, 0.25) is 5.82 Å². The smallest absolute Gasteiger partial charge is 0.327 e. The van der Waals surface area contributed by atoms with E-state index >= 15 is 0 Å². The Morgan fingerprint density at radius 1 is 1.44 bits per heavy atom. The van der Waals surface area contributed by atoms with Crippen LogP contribution in [0, 0.1) is 27.7 Å². The highest BCUT2D eigenvalue weighted by Crippen LogP contribution is 2.31. The Bertz CT molecular complexity index is 476. The molecule has 1 aromatic carbocycles. The Morgan fingerprint density at radius 2 is 2.11 bits per heavy atom. The van der Waals surface area contributed by atoms with Crippen molar-refractivity contribution in [3.63, 3.8) is 0 Å². The van der Waals surface area contributed by atoms with Gasteiger partial charge in [-0.05, 0) is 18.8 Å². The normalized spacial score (nSPS) is 22.4. The lowest BCUT2D eigenvalue weighted by atomic mass is 9.82. The minimum Gasteiger partial charge on any atom is -0.393 e. The molecule has 7 heteroatoms. The first-order chi connectivity index (χ1) is 8.47. The van der Waals surface area contributed by atoms with Crippen LogP contribution in [-0.2, 0) is 0 Å². The van der Waals surface area contributed by atoms with Crippen molar-refractivity contribution >= 4 is 11.4 Å².